The van der Waals surface area contributed by atoms with Gasteiger partial charge in [-0.3, -0.25) is 4.79 Å². The third kappa shape index (κ3) is 4.79. The number of carbonyl (C=O) groups excluding carboxylic acids is 1. The summed E-state index contributed by atoms with van der Waals surface area (Å²) in [4.78, 5) is 16.7. The van der Waals surface area contributed by atoms with E-state index in [2.05, 4.69) is 4.99 Å². The SMILES string of the molecule is CC/C(C)=C(/C(N)=C(\N=C(C)c1ccccc1)C(N)=O)c1cccc(N)c1C=N. The fraction of sp³-hybridized carbons (Fsp3) is 0.174. The number of aliphatic imine (C=N–C) groups is 1. The molecule has 7 N–H and O–H groups in total. The second-order valence-corrected chi connectivity index (χ2v) is 6.65. The molecule has 0 unspecified atom stereocenters. The van der Waals surface area contributed by atoms with Gasteiger partial charge in [-0.15, -0.1) is 0 Å². The highest BCUT2D eigenvalue weighted by molar-refractivity contribution is 6.06. The van der Waals surface area contributed by atoms with Gasteiger partial charge in [0.1, 0.15) is 0 Å². The van der Waals surface area contributed by atoms with Crippen molar-refractivity contribution in [3.8, 4) is 0 Å². The Labute approximate surface area is 171 Å². The predicted octanol–water partition coefficient (Wildman–Crippen LogP) is 3.61. The van der Waals surface area contributed by atoms with Crippen LogP contribution in [0.5, 0.6) is 0 Å². The molecule has 150 valence electrons. The van der Waals surface area contributed by atoms with Crippen molar-refractivity contribution in [1.82, 2.24) is 0 Å². The molecule has 0 saturated heterocycles. The molecular formula is C23H27N5O. The zero-order valence-electron chi connectivity index (χ0n) is 17.0. The first-order chi connectivity index (χ1) is 13.8. The zero-order valence-corrected chi connectivity index (χ0v) is 17.0. The summed E-state index contributed by atoms with van der Waals surface area (Å²) in [5.41, 5.74) is 23.0. The highest BCUT2D eigenvalue weighted by Crippen LogP contribution is 2.32. The average Bonchev–Trinajstić information content (AvgIpc) is 2.72. The van der Waals surface area contributed by atoms with Gasteiger partial charge in [0.25, 0.3) is 5.91 Å². The number of benzene rings is 2. The van der Waals surface area contributed by atoms with Crippen molar-refractivity contribution >= 4 is 29.1 Å². The Bertz CT molecular complexity index is 1020. The second kappa shape index (κ2) is 9.50. The normalized spacial score (nSPS) is 13.4. The number of amides is 1. The first-order valence-electron chi connectivity index (χ1n) is 9.31. The summed E-state index contributed by atoms with van der Waals surface area (Å²) >= 11 is 0. The van der Waals surface area contributed by atoms with Crippen LogP contribution < -0.4 is 17.2 Å². The minimum atomic E-state index is -0.723. The molecule has 6 heteroatoms. The second-order valence-electron chi connectivity index (χ2n) is 6.65. The van der Waals surface area contributed by atoms with E-state index in [1.54, 1.807) is 19.1 Å². The van der Waals surface area contributed by atoms with Crippen molar-refractivity contribution in [2.75, 3.05) is 5.73 Å². The van der Waals surface area contributed by atoms with Crippen molar-refractivity contribution < 1.29 is 4.79 Å². The molecule has 2 aromatic carbocycles. The summed E-state index contributed by atoms with van der Waals surface area (Å²) in [6.45, 7) is 5.71. The fourth-order valence-electron chi connectivity index (χ4n) is 3.02. The number of nitrogens with one attached hydrogen (secondary N) is 1. The monoisotopic (exact) mass is 389 g/mol. The van der Waals surface area contributed by atoms with Gasteiger partial charge in [0.05, 0.1) is 5.70 Å². The van der Waals surface area contributed by atoms with Gasteiger partial charge in [0.15, 0.2) is 5.70 Å². The van der Waals surface area contributed by atoms with E-state index in [0.717, 1.165) is 11.1 Å². The van der Waals surface area contributed by atoms with Crippen LogP contribution in [0.4, 0.5) is 5.69 Å². The van der Waals surface area contributed by atoms with Crippen LogP contribution in [0.25, 0.3) is 5.57 Å². The molecule has 0 aliphatic heterocycles. The number of rotatable bonds is 7. The maximum atomic E-state index is 12.3. The first-order valence-corrected chi connectivity index (χ1v) is 9.31. The number of carbonyl (C=O) groups is 1. The van der Waals surface area contributed by atoms with Crippen LogP contribution in [0, 0.1) is 5.41 Å². The Balaban J connectivity index is 2.78. The van der Waals surface area contributed by atoms with Crippen LogP contribution >= 0.6 is 0 Å². The molecule has 2 aromatic rings. The van der Waals surface area contributed by atoms with Crippen LogP contribution in [-0.2, 0) is 4.79 Å². The van der Waals surface area contributed by atoms with Gasteiger partial charge in [0.2, 0.25) is 0 Å². The molecule has 2 rings (SSSR count). The largest absolute Gasteiger partial charge is 0.398 e. The molecular weight excluding hydrogens is 362 g/mol. The van der Waals surface area contributed by atoms with Gasteiger partial charge in [-0.05, 0) is 37.5 Å². The summed E-state index contributed by atoms with van der Waals surface area (Å²) in [5, 5.41) is 7.77. The van der Waals surface area contributed by atoms with Crippen molar-refractivity contribution in [2.45, 2.75) is 27.2 Å². The summed E-state index contributed by atoms with van der Waals surface area (Å²) in [6.07, 6.45) is 1.87. The topological polar surface area (TPSA) is 131 Å². The fourth-order valence-corrected chi connectivity index (χ4v) is 3.02. The Hall–Kier alpha value is -3.67. The number of anilines is 1. The van der Waals surface area contributed by atoms with Gasteiger partial charge in [0, 0.05) is 28.8 Å². The van der Waals surface area contributed by atoms with Gasteiger partial charge in [-0.1, -0.05) is 55.0 Å². The van der Waals surface area contributed by atoms with E-state index in [1.807, 2.05) is 50.2 Å². The number of nitrogens with zero attached hydrogens (tertiary/aromatic N) is 1. The van der Waals surface area contributed by atoms with Crippen LogP contribution in [0.15, 0.2) is 70.5 Å². The molecule has 0 spiro atoms. The first kappa shape index (κ1) is 21.6. The van der Waals surface area contributed by atoms with Crippen molar-refractivity contribution in [2.24, 2.45) is 16.5 Å². The molecule has 0 aromatic heterocycles. The lowest BCUT2D eigenvalue weighted by Crippen LogP contribution is -2.20. The van der Waals surface area contributed by atoms with E-state index in [9.17, 15) is 4.79 Å². The number of nitrogen functional groups attached to an aromatic ring is 1. The number of hydrogen-bond acceptors (Lipinski definition) is 5. The molecule has 0 atom stereocenters. The molecule has 29 heavy (non-hydrogen) atoms. The van der Waals surface area contributed by atoms with Gasteiger partial charge in [-0.25, -0.2) is 4.99 Å². The average molecular weight is 390 g/mol. The van der Waals surface area contributed by atoms with E-state index in [-0.39, 0.29) is 11.4 Å². The Morgan fingerprint density at radius 3 is 2.28 bits per heavy atom. The molecule has 0 aliphatic carbocycles. The molecule has 0 aliphatic rings. The van der Waals surface area contributed by atoms with E-state index in [0.29, 0.717) is 34.5 Å². The molecule has 0 bridgehead atoms. The summed E-state index contributed by atoms with van der Waals surface area (Å²) < 4.78 is 0. The molecule has 0 heterocycles. The molecule has 6 nitrogen and oxygen atoms in total. The van der Waals surface area contributed by atoms with Crippen molar-refractivity contribution in [1.29, 1.82) is 5.41 Å². The minimum absolute atomic E-state index is 0.0208. The Kier molecular flexibility index (Phi) is 7.09. The molecule has 0 saturated carbocycles. The standard InChI is InChI=1S/C23H27N5O/c1-4-14(2)20(17-11-8-12-19(25)18(17)13-24)21(26)22(23(27)29)28-15(3)16-9-6-5-7-10-16/h5-13,24H,4,25-26H2,1-3H3,(H2,27,29)/b20-14+,22-21+,24-13?,28-15?. The highest BCUT2D eigenvalue weighted by Gasteiger charge is 2.20. The Morgan fingerprint density at radius 1 is 1.07 bits per heavy atom. The van der Waals surface area contributed by atoms with Gasteiger partial charge in [-0.2, -0.15) is 0 Å². The summed E-state index contributed by atoms with van der Waals surface area (Å²) in [6, 6.07) is 14.8. The van der Waals surface area contributed by atoms with Crippen LogP contribution in [0.1, 0.15) is 43.9 Å². The van der Waals surface area contributed by atoms with Crippen LogP contribution in [-0.4, -0.2) is 17.8 Å². The highest BCUT2D eigenvalue weighted by atomic mass is 16.1. The minimum Gasteiger partial charge on any atom is -0.398 e. The predicted molar refractivity (Wildman–Crippen MR) is 121 cm³/mol. The molecule has 0 radical (unpaired) electrons. The lowest BCUT2D eigenvalue weighted by molar-refractivity contribution is -0.114. The molecule has 1 amide bonds. The maximum absolute atomic E-state index is 12.3. The zero-order chi connectivity index (χ0) is 21.6. The number of nitrogens with two attached hydrogens (primary N) is 3. The van der Waals surface area contributed by atoms with Crippen LogP contribution in [0.3, 0.4) is 0 Å². The van der Waals surface area contributed by atoms with Crippen molar-refractivity contribution in [3.63, 3.8) is 0 Å². The maximum Gasteiger partial charge on any atom is 0.269 e. The third-order valence-electron chi connectivity index (χ3n) is 4.74. The number of primary amides is 1. The lowest BCUT2D eigenvalue weighted by Gasteiger charge is -2.17. The van der Waals surface area contributed by atoms with Gasteiger partial charge >= 0.3 is 0 Å². The van der Waals surface area contributed by atoms with E-state index in [1.165, 1.54) is 6.21 Å². The third-order valence-corrected chi connectivity index (χ3v) is 4.74. The van der Waals surface area contributed by atoms with Crippen molar-refractivity contribution in [3.05, 3.63) is 82.2 Å². The molecule has 0 fully saturated rings. The number of hydrogen-bond donors (Lipinski definition) is 4. The smallest absolute Gasteiger partial charge is 0.269 e. The van der Waals surface area contributed by atoms with Crippen LogP contribution in [0.2, 0.25) is 0 Å². The van der Waals surface area contributed by atoms with E-state index in [4.69, 9.17) is 22.6 Å². The summed E-state index contributed by atoms with van der Waals surface area (Å²) in [7, 11) is 0. The van der Waals surface area contributed by atoms with E-state index < -0.39 is 5.91 Å². The Morgan fingerprint density at radius 2 is 1.72 bits per heavy atom. The number of allylic oxidation sites excluding steroid dienone is 2. The van der Waals surface area contributed by atoms with E-state index >= 15 is 0 Å². The lowest BCUT2D eigenvalue weighted by atomic mass is 9.91. The summed E-state index contributed by atoms with van der Waals surface area (Å²) in [5.74, 6) is -0.723. The quantitative estimate of drug-likeness (QED) is 0.249. The van der Waals surface area contributed by atoms with Gasteiger partial charge < -0.3 is 22.6 Å².